The largest absolute Gasteiger partial charge is 0.381 e. The Morgan fingerprint density at radius 1 is 1.47 bits per heavy atom. The van der Waals surface area contributed by atoms with Crippen molar-refractivity contribution < 1.29 is 4.92 Å². The number of nitrogens with one attached hydrogen (secondary N) is 1. The van der Waals surface area contributed by atoms with Gasteiger partial charge in [0.15, 0.2) is 0 Å². The zero-order valence-electron chi connectivity index (χ0n) is 11.5. The van der Waals surface area contributed by atoms with Crippen molar-refractivity contribution in [1.29, 1.82) is 0 Å². The normalized spacial score (nSPS) is 21.4. The summed E-state index contributed by atoms with van der Waals surface area (Å²) in [5.41, 5.74) is 2.18. The number of benzene rings is 1. The molecule has 0 bridgehead atoms. The fourth-order valence-electron chi connectivity index (χ4n) is 2.76. The van der Waals surface area contributed by atoms with Crippen LogP contribution in [0.2, 0.25) is 0 Å². The van der Waals surface area contributed by atoms with E-state index < -0.39 is 0 Å². The number of rotatable bonds is 3. The Hall–Kier alpha value is -1.10. The summed E-state index contributed by atoms with van der Waals surface area (Å²) in [5, 5.41) is 14.4. The number of nitrogens with zero attached hydrogens (tertiary/aromatic N) is 1. The van der Waals surface area contributed by atoms with Crippen molar-refractivity contribution in [2.75, 3.05) is 5.32 Å². The van der Waals surface area contributed by atoms with Crippen molar-refractivity contribution in [2.45, 2.75) is 46.1 Å². The predicted octanol–water partition coefficient (Wildman–Crippen LogP) is 4.66. The van der Waals surface area contributed by atoms with Crippen molar-refractivity contribution in [3.63, 3.8) is 0 Å². The van der Waals surface area contributed by atoms with Gasteiger partial charge in [0.2, 0.25) is 0 Å². The van der Waals surface area contributed by atoms with Crippen LogP contribution in [-0.2, 0) is 0 Å². The number of hydrogen-bond donors (Lipinski definition) is 1. The summed E-state index contributed by atoms with van der Waals surface area (Å²) in [7, 11) is 0. The van der Waals surface area contributed by atoms with Crippen LogP contribution < -0.4 is 5.32 Å². The van der Waals surface area contributed by atoms with Crippen LogP contribution in [0, 0.1) is 22.5 Å². The molecule has 104 valence electrons. The first kappa shape index (κ1) is 14.3. The molecule has 0 amide bonds. The Morgan fingerprint density at radius 2 is 2.16 bits per heavy atom. The van der Waals surface area contributed by atoms with E-state index in [1.54, 1.807) is 13.0 Å². The minimum atomic E-state index is -0.345. The van der Waals surface area contributed by atoms with Crippen molar-refractivity contribution in [2.24, 2.45) is 5.41 Å². The molecule has 0 spiro atoms. The molecular weight excluding hydrogens is 308 g/mol. The molecule has 4 nitrogen and oxygen atoms in total. The molecule has 1 fully saturated rings. The van der Waals surface area contributed by atoms with E-state index in [1.807, 2.05) is 6.07 Å². The molecule has 19 heavy (non-hydrogen) atoms. The Labute approximate surface area is 121 Å². The van der Waals surface area contributed by atoms with Crippen molar-refractivity contribution >= 4 is 27.3 Å². The molecule has 1 N–H and O–H groups in total. The van der Waals surface area contributed by atoms with Gasteiger partial charge in [-0.05, 0) is 53.6 Å². The van der Waals surface area contributed by atoms with Gasteiger partial charge in [0.1, 0.15) is 0 Å². The number of nitro benzene ring substituents is 1. The predicted molar refractivity (Wildman–Crippen MR) is 80.6 cm³/mol. The average molecular weight is 327 g/mol. The molecule has 1 atom stereocenters. The summed E-state index contributed by atoms with van der Waals surface area (Å²) in [6.07, 6.45) is 3.50. The molecular formula is C14H19BrN2O2. The van der Waals surface area contributed by atoms with Crippen molar-refractivity contribution in [3.05, 3.63) is 32.3 Å². The first-order valence-corrected chi connectivity index (χ1v) is 7.29. The maximum Gasteiger partial charge on any atom is 0.273 e. The molecule has 1 aliphatic rings. The van der Waals surface area contributed by atoms with E-state index in [0.29, 0.717) is 17.0 Å². The van der Waals surface area contributed by atoms with E-state index in [-0.39, 0.29) is 10.6 Å². The maximum absolute atomic E-state index is 10.9. The second-order valence-corrected chi connectivity index (χ2v) is 6.98. The second kappa shape index (κ2) is 5.12. The minimum absolute atomic E-state index is 0.157. The van der Waals surface area contributed by atoms with Gasteiger partial charge in [0, 0.05) is 27.8 Å². The summed E-state index contributed by atoms with van der Waals surface area (Å²) in [6.45, 7) is 6.34. The van der Waals surface area contributed by atoms with Gasteiger partial charge in [0.25, 0.3) is 5.69 Å². The Balaban J connectivity index is 2.18. The highest BCUT2D eigenvalue weighted by Gasteiger charge is 2.31. The molecule has 0 heterocycles. The van der Waals surface area contributed by atoms with Crippen molar-refractivity contribution in [1.82, 2.24) is 0 Å². The fourth-order valence-corrected chi connectivity index (χ4v) is 3.20. The Kier molecular flexibility index (Phi) is 3.85. The molecule has 5 heteroatoms. The highest BCUT2D eigenvalue weighted by atomic mass is 79.9. The lowest BCUT2D eigenvalue weighted by molar-refractivity contribution is -0.385. The van der Waals surface area contributed by atoms with Crippen LogP contribution in [0.3, 0.4) is 0 Å². The Morgan fingerprint density at radius 3 is 2.68 bits per heavy atom. The maximum atomic E-state index is 10.9. The van der Waals surface area contributed by atoms with Crippen LogP contribution in [0.25, 0.3) is 0 Å². The van der Waals surface area contributed by atoms with Crippen molar-refractivity contribution in [3.8, 4) is 0 Å². The molecule has 0 aromatic heterocycles. The number of halogens is 1. The molecule has 0 aliphatic heterocycles. The van der Waals surface area contributed by atoms with Gasteiger partial charge in [-0.1, -0.05) is 13.8 Å². The lowest BCUT2D eigenvalue weighted by atomic mass is 9.92. The van der Waals surface area contributed by atoms with Crippen LogP contribution in [0.15, 0.2) is 16.6 Å². The van der Waals surface area contributed by atoms with Crippen LogP contribution in [0.1, 0.15) is 38.7 Å². The lowest BCUT2D eigenvalue weighted by Gasteiger charge is -2.19. The number of aryl methyl sites for hydroxylation is 1. The monoisotopic (exact) mass is 326 g/mol. The smallest absolute Gasteiger partial charge is 0.273 e. The van der Waals surface area contributed by atoms with Crippen LogP contribution in [0.4, 0.5) is 11.4 Å². The first-order valence-electron chi connectivity index (χ1n) is 6.49. The van der Waals surface area contributed by atoms with Gasteiger partial charge in [-0.15, -0.1) is 0 Å². The van der Waals surface area contributed by atoms with E-state index in [2.05, 4.69) is 35.1 Å². The minimum Gasteiger partial charge on any atom is -0.381 e. The third-order valence-corrected chi connectivity index (χ3v) is 4.47. The number of nitro groups is 1. The van der Waals surface area contributed by atoms with E-state index >= 15 is 0 Å². The standard InChI is InChI=1S/C14H19BrN2O2/c1-9-6-12(11(15)7-13(9)17(18)19)16-10-4-5-14(2,3)8-10/h6-7,10,16H,4-5,8H2,1-3H3. The highest BCUT2D eigenvalue weighted by Crippen LogP contribution is 2.39. The van der Waals surface area contributed by atoms with E-state index in [1.165, 1.54) is 6.42 Å². The summed E-state index contributed by atoms with van der Waals surface area (Å²) in [4.78, 5) is 10.5. The molecule has 1 aliphatic carbocycles. The summed E-state index contributed by atoms with van der Waals surface area (Å²) < 4.78 is 0.759. The molecule has 2 rings (SSSR count). The average Bonchev–Trinajstić information content (AvgIpc) is 2.62. The molecule has 1 saturated carbocycles. The van der Waals surface area contributed by atoms with Crippen LogP contribution in [-0.4, -0.2) is 11.0 Å². The van der Waals surface area contributed by atoms with Gasteiger partial charge in [-0.2, -0.15) is 0 Å². The molecule has 0 radical (unpaired) electrons. The molecule has 1 unspecified atom stereocenters. The van der Waals surface area contributed by atoms with Gasteiger partial charge in [0.05, 0.1) is 4.92 Å². The number of anilines is 1. The van der Waals surface area contributed by atoms with Gasteiger partial charge in [-0.3, -0.25) is 10.1 Å². The van der Waals surface area contributed by atoms with Gasteiger partial charge in [-0.25, -0.2) is 0 Å². The fraction of sp³-hybridized carbons (Fsp3) is 0.571. The van der Waals surface area contributed by atoms with E-state index in [9.17, 15) is 10.1 Å². The quantitative estimate of drug-likeness (QED) is 0.649. The molecule has 0 saturated heterocycles. The zero-order valence-corrected chi connectivity index (χ0v) is 13.1. The van der Waals surface area contributed by atoms with Gasteiger partial charge < -0.3 is 5.32 Å². The zero-order chi connectivity index (χ0) is 14.2. The summed E-state index contributed by atoms with van der Waals surface area (Å²) in [5.74, 6) is 0. The van der Waals surface area contributed by atoms with Crippen LogP contribution in [0.5, 0.6) is 0 Å². The van der Waals surface area contributed by atoms with Crippen LogP contribution >= 0.6 is 15.9 Å². The topological polar surface area (TPSA) is 55.2 Å². The first-order chi connectivity index (χ1) is 8.78. The highest BCUT2D eigenvalue weighted by molar-refractivity contribution is 9.10. The van der Waals surface area contributed by atoms with E-state index in [4.69, 9.17) is 0 Å². The SMILES string of the molecule is Cc1cc(NC2CCC(C)(C)C2)c(Br)cc1[N+](=O)[O-]. The number of hydrogen-bond acceptors (Lipinski definition) is 3. The Bertz CT molecular complexity index is 514. The lowest BCUT2D eigenvalue weighted by Crippen LogP contribution is -2.18. The van der Waals surface area contributed by atoms with E-state index in [0.717, 1.165) is 23.0 Å². The summed E-state index contributed by atoms with van der Waals surface area (Å²) in [6, 6.07) is 3.89. The van der Waals surface area contributed by atoms with Gasteiger partial charge >= 0.3 is 0 Å². The third-order valence-electron chi connectivity index (χ3n) is 3.81. The molecule has 1 aromatic carbocycles. The second-order valence-electron chi connectivity index (χ2n) is 6.12. The molecule has 1 aromatic rings. The third kappa shape index (κ3) is 3.26. The summed E-state index contributed by atoms with van der Waals surface area (Å²) >= 11 is 3.42.